The molecule has 0 saturated carbocycles. The fraction of sp³-hybridized carbons (Fsp3) is 0.294. The van der Waals surface area contributed by atoms with Crippen LogP contribution in [0.2, 0.25) is 5.02 Å². The normalized spacial score (nSPS) is 14.6. The van der Waals surface area contributed by atoms with Crippen molar-refractivity contribution in [3.05, 3.63) is 58.6 Å². The molecular formula is C17H18ClNOS. The Hall–Kier alpha value is -1.16. The van der Waals surface area contributed by atoms with E-state index < -0.39 is 0 Å². The Labute approximate surface area is 134 Å². The van der Waals surface area contributed by atoms with E-state index in [1.807, 2.05) is 25.2 Å². The quantitative estimate of drug-likeness (QED) is 0.829. The van der Waals surface area contributed by atoms with Gasteiger partial charge in [-0.05, 0) is 36.4 Å². The highest BCUT2D eigenvalue weighted by Gasteiger charge is 2.16. The maximum atomic E-state index is 6.22. The van der Waals surface area contributed by atoms with Gasteiger partial charge in [-0.25, -0.2) is 0 Å². The van der Waals surface area contributed by atoms with Gasteiger partial charge in [-0.1, -0.05) is 35.9 Å². The maximum Gasteiger partial charge on any atom is 0.122 e. The molecule has 0 bridgehead atoms. The number of halogens is 1. The van der Waals surface area contributed by atoms with Gasteiger partial charge in [0.2, 0.25) is 0 Å². The third-order valence-corrected chi connectivity index (χ3v) is 5.32. The number of ether oxygens (including phenoxy) is 1. The molecule has 1 aliphatic rings. The number of hydrogen-bond donors (Lipinski definition) is 1. The zero-order valence-electron chi connectivity index (χ0n) is 11.9. The van der Waals surface area contributed by atoms with Gasteiger partial charge in [-0.2, -0.15) is 0 Å². The van der Waals surface area contributed by atoms with Crippen LogP contribution in [-0.4, -0.2) is 19.4 Å². The van der Waals surface area contributed by atoms with E-state index in [2.05, 4.69) is 29.6 Å². The van der Waals surface area contributed by atoms with Gasteiger partial charge in [0, 0.05) is 23.1 Å². The molecular weight excluding hydrogens is 302 g/mol. The van der Waals surface area contributed by atoms with Crippen molar-refractivity contribution in [1.82, 2.24) is 5.32 Å². The van der Waals surface area contributed by atoms with Crippen molar-refractivity contribution in [3.63, 3.8) is 0 Å². The van der Waals surface area contributed by atoms with Crippen molar-refractivity contribution in [2.24, 2.45) is 0 Å². The molecule has 0 saturated heterocycles. The molecule has 1 unspecified atom stereocenters. The zero-order valence-corrected chi connectivity index (χ0v) is 13.5. The molecule has 0 spiro atoms. The number of rotatable bonds is 5. The van der Waals surface area contributed by atoms with Crippen molar-refractivity contribution >= 4 is 23.4 Å². The van der Waals surface area contributed by atoms with Gasteiger partial charge in [0.05, 0.1) is 11.6 Å². The Morgan fingerprint density at radius 3 is 2.95 bits per heavy atom. The van der Waals surface area contributed by atoms with Crippen LogP contribution in [-0.2, 0) is 6.42 Å². The van der Waals surface area contributed by atoms with Crippen LogP contribution in [0.25, 0.3) is 0 Å². The van der Waals surface area contributed by atoms with Gasteiger partial charge >= 0.3 is 0 Å². The van der Waals surface area contributed by atoms with E-state index in [1.165, 1.54) is 11.1 Å². The molecule has 21 heavy (non-hydrogen) atoms. The second kappa shape index (κ2) is 6.73. The van der Waals surface area contributed by atoms with Gasteiger partial charge in [0.15, 0.2) is 0 Å². The second-order valence-corrected chi connectivity index (χ2v) is 6.52. The molecule has 0 amide bonds. The van der Waals surface area contributed by atoms with Gasteiger partial charge < -0.3 is 10.1 Å². The van der Waals surface area contributed by atoms with Crippen LogP contribution in [0, 0.1) is 0 Å². The van der Waals surface area contributed by atoms with Gasteiger partial charge in [-0.3, -0.25) is 0 Å². The second-order valence-electron chi connectivity index (χ2n) is 5.05. The lowest BCUT2D eigenvalue weighted by Crippen LogP contribution is -2.18. The summed E-state index contributed by atoms with van der Waals surface area (Å²) in [5, 5.41) is 4.21. The van der Waals surface area contributed by atoms with Crippen molar-refractivity contribution in [2.45, 2.75) is 17.4 Å². The molecule has 110 valence electrons. The zero-order chi connectivity index (χ0) is 14.7. The summed E-state index contributed by atoms with van der Waals surface area (Å²) in [5.74, 6) is 1.98. The van der Waals surface area contributed by atoms with Crippen molar-refractivity contribution in [2.75, 3.05) is 19.4 Å². The van der Waals surface area contributed by atoms with Gasteiger partial charge in [-0.15, -0.1) is 11.8 Å². The van der Waals surface area contributed by atoms with Crippen LogP contribution >= 0.6 is 23.4 Å². The number of hydrogen-bond acceptors (Lipinski definition) is 3. The smallest absolute Gasteiger partial charge is 0.122 e. The SMILES string of the molecule is CNC(CSc1ccccc1Cl)c1ccc2c(c1)CCO2. The molecule has 0 fully saturated rings. The molecule has 0 aromatic heterocycles. The minimum Gasteiger partial charge on any atom is -0.493 e. The van der Waals surface area contributed by atoms with E-state index in [0.717, 1.165) is 34.4 Å². The molecule has 0 radical (unpaired) electrons. The number of thioether (sulfide) groups is 1. The minimum atomic E-state index is 0.303. The van der Waals surface area contributed by atoms with Crippen molar-refractivity contribution in [1.29, 1.82) is 0 Å². The fourth-order valence-corrected chi connectivity index (χ4v) is 3.89. The molecule has 2 aromatic carbocycles. The summed E-state index contributed by atoms with van der Waals surface area (Å²) in [5.41, 5.74) is 2.62. The summed E-state index contributed by atoms with van der Waals surface area (Å²) in [7, 11) is 2.00. The highest BCUT2D eigenvalue weighted by Crippen LogP contribution is 2.32. The maximum absolute atomic E-state index is 6.22. The summed E-state index contributed by atoms with van der Waals surface area (Å²) < 4.78 is 5.57. The fourth-order valence-electron chi connectivity index (χ4n) is 2.50. The topological polar surface area (TPSA) is 21.3 Å². The largest absolute Gasteiger partial charge is 0.493 e. The first-order valence-electron chi connectivity index (χ1n) is 7.08. The number of nitrogens with one attached hydrogen (secondary N) is 1. The van der Waals surface area contributed by atoms with Gasteiger partial charge in [0.25, 0.3) is 0 Å². The predicted molar refractivity (Wildman–Crippen MR) is 89.6 cm³/mol. The highest BCUT2D eigenvalue weighted by atomic mass is 35.5. The Morgan fingerprint density at radius 2 is 2.14 bits per heavy atom. The van der Waals surface area contributed by atoms with E-state index in [-0.39, 0.29) is 0 Å². The monoisotopic (exact) mass is 319 g/mol. The summed E-state index contributed by atoms with van der Waals surface area (Å²) in [6.45, 7) is 0.803. The van der Waals surface area contributed by atoms with Crippen molar-refractivity contribution < 1.29 is 4.74 Å². The molecule has 0 aliphatic carbocycles. The average Bonchev–Trinajstić information content (AvgIpc) is 2.97. The van der Waals surface area contributed by atoms with E-state index in [4.69, 9.17) is 16.3 Å². The molecule has 2 nitrogen and oxygen atoms in total. The van der Waals surface area contributed by atoms with Gasteiger partial charge in [0.1, 0.15) is 5.75 Å². The molecule has 1 aliphatic heterocycles. The molecule has 2 aromatic rings. The van der Waals surface area contributed by atoms with E-state index >= 15 is 0 Å². The van der Waals surface area contributed by atoms with E-state index in [9.17, 15) is 0 Å². The summed E-state index contributed by atoms with van der Waals surface area (Å²) in [6.07, 6.45) is 1.01. The van der Waals surface area contributed by atoms with Crippen molar-refractivity contribution in [3.8, 4) is 5.75 Å². The Bertz CT molecular complexity index is 632. The standard InChI is InChI=1S/C17H18ClNOS/c1-19-15(11-21-17-5-3-2-4-14(17)18)12-6-7-16-13(10-12)8-9-20-16/h2-7,10,15,19H,8-9,11H2,1H3. The summed E-state index contributed by atoms with van der Waals surface area (Å²) in [4.78, 5) is 1.13. The van der Waals surface area contributed by atoms with Crippen LogP contribution < -0.4 is 10.1 Å². The first-order chi connectivity index (χ1) is 10.3. The third kappa shape index (κ3) is 3.37. The van der Waals surface area contributed by atoms with Crippen LogP contribution in [0.1, 0.15) is 17.2 Å². The van der Waals surface area contributed by atoms with E-state index in [0.29, 0.717) is 6.04 Å². The first-order valence-corrected chi connectivity index (χ1v) is 8.44. The molecule has 4 heteroatoms. The Kier molecular flexibility index (Phi) is 4.73. The minimum absolute atomic E-state index is 0.303. The summed E-state index contributed by atoms with van der Waals surface area (Å²) >= 11 is 8.00. The summed E-state index contributed by atoms with van der Waals surface area (Å²) in [6, 6.07) is 14.8. The van der Waals surface area contributed by atoms with E-state index in [1.54, 1.807) is 11.8 Å². The first kappa shape index (κ1) is 14.8. The lowest BCUT2D eigenvalue weighted by Gasteiger charge is -2.17. The lowest BCUT2D eigenvalue weighted by molar-refractivity contribution is 0.357. The number of fused-ring (bicyclic) bond motifs is 1. The molecule has 1 atom stereocenters. The third-order valence-electron chi connectivity index (χ3n) is 3.71. The predicted octanol–water partition coefficient (Wildman–Crippen LogP) is 4.33. The Balaban J connectivity index is 1.72. The molecule has 1 N–H and O–H groups in total. The van der Waals surface area contributed by atoms with Crippen LogP contribution in [0.4, 0.5) is 0 Å². The highest BCUT2D eigenvalue weighted by molar-refractivity contribution is 7.99. The Morgan fingerprint density at radius 1 is 1.29 bits per heavy atom. The van der Waals surface area contributed by atoms with Crippen LogP contribution in [0.3, 0.4) is 0 Å². The molecule has 1 heterocycles. The van der Waals surface area contributed by atoms with Crippen LogP contribution in [0.5, 0.6) is 5.75 Å². The van der Waals surface area contributed by atoms with Crippen LogP contribution in [0.15, 0.2) is 47.4 Å². The number of benzene rings is 2. The molecule has 3 rings (SSSR count). The average molecular weight is 320 g/mol. The lowest BCUT2D eigenvalue weighted by atomic mass is 10.0.